The Hall–Kier alpha value is -2.94. The van der Waals surface area contributed by atoms with Crippen LogP contribution in [-0.2, 0) is 27.8 Å². The number of amides is 1. The number of benzene rings is 2. The summed E-state index contributed by atoms with van der Waals surface area (Å²) < 4.78 is 24.7. The Morgan fingerprint density at radius 2 is 1.80 bits per heavy atom. The summed E-state index contributed by atoms with van der Waals surface area (Å²) in [5, 5.41) is 11.2. The summed E-state index contributed by atoms with van der Waals surface area (Å²) in [7, 11) is -3.70. The minimum absolute atomic E-state index is 0.0738. The Kier molecular flexibility index (Phi) is 5.72. The number of primary sulfonamides is 1. The second-order valence-corrected chi connectivity index (χ2v) is 9.45. The molecule has 3 N–H and O–H groups in total. The van der Waals surface area contributed by atoms with Crippen LogP contribution in [0.1, 0.15) is 5.56 Å². The maximum absolute atomic E-state index is 12.6. The van der Waals surface area contributed by atoms with E-state index in [2.05, 4.69) is 17.4 Å². The molecule has 2 heterocycles. The number of rotatable bonds is 7. The summed E-state index contributed by atoms with van der Waals surface area (Å²) in [6.45, 7) is 0.687. The van der Waals surface area contributed by atoms with Crippen molar-refractivity contribution in [2.45, 2.75) is 17.9 Å². The third-order valence-electron chi connectivity index (χ3n) is 4.87. The van der Waals surface area contributed by atoms with Crippen LogP contribution >= 0.6 is 11.3 Å². The molecule has 0 aliphatic heterocycles. The summed E-state index contributed by atoms with van der Waals surface area (Å²) >= 11 is 1.65. The zero-order chi connectivity index (χ0) is 21.1. The van der Waals surface area contributed by atoms with Gasteiger partial charge in [0.2, 0.25) is 15.9 Å². The van der Waals surface area contributed by atoms with Gasteiger partial charge >= 0.3 is 0 Å². The minimum Gasteiger partial charge on any atom is -0.354 e. The van der Waals surface area contributed by atoms with Gasteiger partial charge in [-0.25, -0.2) is 13.6 Å². The molecule has 0 spiro atoms. The van der Waals surface area contributed by atoms with Gasteiger partial charge in [0, 0.05) is 17.4 Å². The van der Waals surface area contributed by atoms with E-state index in [0.29, 0.717) is 13.0 Å². The first-order chi connectivity index (χ1) is 14.4. The van der Waals surface area contributed by atoms with E-state index >= 15 is 0 Å². The van der Waals surface area contributed by atoms with Crippen LogP contribution in [0.3, 0.4) is 0 Å². The van der Waals surface area contributed by atoms with E-state index in [-0.39, 0.29) is 17.3 Å². The van der Waals surface area contributed by atoms with Crippen molar-refractivity contribution in [3.8, 4) is 10.6 Å². The van der Waals surface area contributed by atoms with E-state index in [0.717, 1.165) is 27.0 Å². The fourth-order valence-electron chi connectivity index (χ4n) is 3.40. The van der Waals surface area contributed by atoms with E-state index < -0.39 is 10.0 Å². The standard InChI is InChI=1S/C22H21N3O3S2/c23-30(27,28)18-9-7-16(8-10-18)11-12-24-22(26)15-25-19-5-2-1-4-17(19)14-20(25)21-6-3-13-29-21/h1-10,13-14H,11-12,15H2,(H,24,26)(H2,23,27,28). The van der Waals surface area contributed by atoms with Crippen LogP contribution < -0.4 is 10.5 Å². The third-order valence-corrected chi connectivity index (χ3v) is 6.70. The SMILES string of the molecule is NS(=O)(=O)c1ccc(CCNC(=O)Cn2c(-c3cccs3)cc3ccccc32)cc1. The number of sulfonamides is 1. The molecule has 8 heteroatoms. The van der Waals surface area contributed by atoms with Crippen LogP contribution in [0.4, 0.5) is 0 Å². The van der Waals surface area contributed by atoms with Crippen molar-refractivity contribution in [1.29, 1.82) is 0 Å². The number of aromatic nitrogens is 1. The van der Waals surface area contributed by atoms with Crippen molar-refractivity contribution in [2.75, 3.05) is 6.54 Å². The van der Waals surface area contributed by atoms with Crippen LogP contribution in [0.25, 0.3) is 21.5 Å². The summed E-state index contributed by atoms with van der Waals surface area (Å²) in [5.41, 5.74) is 2.97. The van der Waals surface area contributed by atoms with Crippen molar-refractivity contribution in [3.05, 3.63) is 77.7 Å². The normalized spacial score (nSPS) is 11.6. The van der Waals surface area contributed by atoms with Crippen LogP contribution in [0.2, 0.25) is 0 Å². The van der Waals surface area contributed by atoms with Crippen LogP contribution in [0, 0.1) is 0 Å². The van der Waals surface area contributed by atoms with Gasteiger partial charge in [0.15, 0.2) is 0 Å². The molecular formula is C22H21N3O3S2. The molecule has 0 saturated heterocycles. The van der Waals surface area contributed by atoms with Crippen LogP contribution in [-0.4, -0.2) is 25.4 Å². The highest BCUT2D eigenvalue weighted by atomic mass is 32.2. The Morgan fingerprint density at radius 3 is 2.50 bits per heavy atom. The molecule has 0 saturated carbocycles. The lowest BCUT2D eigenvalue weighted by atomic mass is 10.1. The predicted molar refractivity (Wildman–Crippen MR) is 120 cm³/mol. The van der Waals surface area contributed by atoms with Gasteiger partial charge in [-0.05, 0) is 47.7 Å². The number of carbonyl (C=O) groups is 1. The molecule has 4 rings (SSSR count). The van der Waals surface area contributed by atoms with Gasteiger partial charge in [-0.2, -0.15) is 0 Å². The predicted octanol–water partition coefficient (Wildman–Crippen LogP) is 3.38. The summed E-state index contributed by atoms with van der Waals surface area (Å²) in [5.74, 6) is -0.0738. The zero-order valence-electron chi connectivity index (χ0n) is 16.1. The van der Waals surface area contributed by atoms with Gasteiger partial charge in [-0.3, -0.25) is 4.79 Å². The van der Waals surface area contributed by atoms with Crippen molar-refractivity contribution in [3.63, 3.8) is 0 Å². The second-order valence-electron chi connectivity index (χ2n) is 6.94. The Balaban J connectivity index is 1.43. The molecule has 0 fully saturated rings. The molecule has 0 atom stereocenters. The first kappa shape index (κ1) is 20.3. The smallest absolute Gasteiger partial charge is 0.239 e. The number of thiophene rings is 1. The highest BCUT2D eigenvalue weighted by Gasteiger charge is 2.14. The number of hydrogen-bond donors (Lipinski definition) is 2. The van der Waals surface area contributed by atoms with Gasteiger partial charge < -0.3 is 9.88 Å². The number of nitrogens with one attached hydrogen (secondary N) is 1. The van der Waals surface area contributed by atoms with Crippen LogP contribution in [0.15, 0.2) is 77.0 Å². The van der Waals surface area contributed by atoms with Crippen molar-refractivity contribution < 1.29 is 13.2 Å². The maximum atomic E-state index is 12.6. The summed E-state index contributed by atoms with van der Waals surface area (Å²) in [6, 6.07) is 20.6. The fraction of sp³-hybridized carbons (Fsp3) is 0.136. The maximum Gasteiger partial charge on any atom is 0.239 e. The Bertz CT molecular complexity index is 1280. The molecule has 0 aliphatic rings. The quantitative estimate of drug-likeness (QED) is 0.462. The largest absolute Gasteiger partial charge is 0.354 e. The lowest BCUT2D eigenvalue weighted by Gasteiger charge is -2.11. The zero-order valence-corrected chi connectivity index (χ0v) is 17.7. The van der Waals surface area contributed by atoms with Gasteiger partial charge in [0.25, 0.3) is 0 Å². The van der Waals surface area contributed by atoms with Gasteiger partial charge in [-0.15, -0.1) is 11.3 Å². The van der Waals surface area contributed by atoms with Crippen molar-refractivity contribution in [2.24, 2.45) is 5.14 Å². The highest BCUT2D eigenvalue weighted by molar-refractivity contribution is 7.89. The van der Waals surface area contributed by atoms with Crippen molar-refractivity contribution >= 4 is 38.2 Å². The summed E-state index contributed by atoms with van der Waals surface area (Å²) in [4.78, 5) is 13.8. The number of carbonyl (C=O) groups excluding carboxylic acids is 1. The Labute approximate surface area is 179 Å². The van der Waals surface area contributed by atoms with Crippen LogP contribution in [0.5, 0.6) is 0 Å². The van der Waals surface area contributed by atoms with E-state index in [1.165, 1.54) is 12.1 Å². The second kappa shape index (κ2) is 8.43. The Morgan fingerprint density at radius 1 is 1.03 bits per heavy atom. The fourth-order valence-corrected chi connectivity index (χ4v) is 4.67. The van der Waals surface area contributed by atoms with E-state index in [4.69, 9.17) is 5.14 Å². The molecule has 4 aromatic rings. The summed E-state index contributed by atoms with van der Waals surface area (Å²) in [6.07, 6.45) is 0.598. The molecule has 1 amide bonds. The molecule has 0 aliphatic carbocycles. The average molecular weight is 440 g/mol. The molecule has 0 radical (unpaired) electrons. The number of nitrogens with two attached hydrogens (primary N) is 1. The van der Waals surface area contributed by atoms with E-state index in [1.807, 2.05) is 40.3 Å². The average Bonchev–Trinajstić information content (AvgIpc) is 3.36. The third kappa shape index (κ3) is 4.46. The lowest BCUT2D eigenvalue weighted by molar-refractivity contribution is -0.121. The molecular weight excluding hydrogens is 418 g/mol. The number of nitrogens with zero attached hydrogens (tertiary/aromatic N) is 1. The molecule has 0 unspecified atom stereocenters. The molecule has 0 bridgehead atoms. The number of para-hydroxylation sites is 1. The number of fused-ring (bicyclic) bond motifs is 1. The number of hydrogen-bond acceptors (Lipinski definition) is 4. The van der Waals surface area contributed by atoms with Gasteiger partial charge in [-0.1, -0.05) is 36.4 Å². The van der Waals surface area contributed by atoms with Gasteiger partial charge in [0.05, 0.1) is 15.5 Å². The highest BCUT2D eigenvalue weighted by Crippen LogP contribution is 2.31. The molecule has 6 nitrogen and oxygen atoms in total. The van der Waals surface area contributed by atoms with Crippen molar-refractivity contribution in [1.82, 2.24) is 9.88 Å². The molecule has 154 valence electrons. The molecule has 2 aromatic carbocycles. The minimum atomic E-state index is -3.70. The topological polar surface area (TPSA) is 94.2 Å². The van der Waals surface area contributed by atoms with E-state index in [1.54, 1.807) is 23.5 Å². The lowest BCUT2D eigenvalue weighted by Crippen LogP contribution is -2.29. The molecule has 2 aromatic heterocycles. The molecule has 30 heavy (non-hydrogen) atoms. The van der Waals surface area contributed by atoms with E-state index in [9.17, 15) is 13.2 Å². The first-order valence-corrected chi connectivity index (χ1v) is 11.8. The monoisotopic (exact) mass is 439 g/mol. The first-order valence-electron chi connectivity index (χ1n) is 9.42. The van der Waals surface area contributed by atoms with Gasteiger partial charge in [0.1, 0.15) is 6.54 Å².